The quantitative estimate of drug-likeness (QED) is 0.724. The van der Waals surface area contributed by atoms with Crippen LogP contribution in [0.4, 0.5) is 0 Å². The summed E-state index contributed by atoms with van der Waals surface area (Å²) in [4.78, 5) is 0. The van der Waals surface area contributed by atoms with Gasteiger partial charge >= 0.3 is 0 Å². The van der Waals surface area contributed by atoms with Gasteiger partial charge in [-0.1, -0.05) is 36.4 Å². The lowest BCUT2D eigenvalue weighted by Crippen LogP contribution is -1.94. The predicted octanol–water partition coefficient (Wildman–Crippen LogP) is 4.59. The van der Waals surface area contributed by atoms with E-state index in [0.717, 1.165) is 12.3 Å². The maximum absolute atomic E-state index is 2.86. The molecule has 98 valence electrons. The van der Waals surface area contributed by atoms with Crippen LogP contribution in [0.2, 0.25) is 0 Å². The molecular formula is C17H20P2. The SMILES string of the molecule is PCc1ccc(-c2ccc(CP)c3c2CCC3)cc1. The summed E-state index contributed by atoms with van der Waals surface area (Å²) >= 11 is 0. The first kappa shape index (κ1) is 13.3. The molecule has 1 aliphatic rings. The third kappa shape index (κ3) is 2.49. The number of fused-ring (bicyclic) bond motifs is 1. The van der Waals surface area contributed by atoms with Gasteiger partial charge in [0.25, 0.3) is 0 Å². The van der Waals surface area contributed by atoms with Crippen molar-refractivity contribution < 1.29 is 0 Å². The Balaban J connectivity index is 2.07. The molecule has 0 heterocycles. The van der Waals surface area contributed by atoms with E-state index in [9.17, 15) is 0 Å². The molecule has 3 rings (SSSR count). The summed E-state index contributed by atoms with van der Waals surface area (Å²) in [5.41, 5.74) is 8.93. The minimum atomic E-state index is 1.03. The second kappa shape index (κ2) is 5.74. The Hall–Kier alpha value is -0.700. The van der Waals surface area contributed by atoms with Crippen LogP contribution >= 0.6 is 18.5 Å². The highest BCUT2D eigenvalue weighted by Crippen LogP contribution is 2.35. The average molecular weight is 286 g/mol. The van der Waals surface area contributed by atoms with E-state index in [1.807, 2.05) is 0 Å². The highest BCUT2D eigenvalue weighted by atomic mass is 31.0. The molecule has 0 aromatic heterocycles. The van der Waals surface area contributed by atoms with Gasteiger partial charge in [0.1, 0.15) is 0 Å². The second-order valence-corrected chi connectivity index (χ2v) is 6.00. The van der Waals surface area contributed by atoms with Crippen molar-refractivity contribution >= 4 is 18.5 Å². The van der Waals surface area contributed by atoms with Crippen molar-refractivity contribution in [3.8, 4) is 11.1 Å². The summed E-state index contributed by atoms with van der Waals surface area (Å²) in [5, 5.41) is 0. The number of benzene rings is 2. The van der Waals surface area contributed by atoms with E-state index in [1.165, 1.54) is 41.5 Å². The molecule has 2 aromatic carbocycles. The minimum absolute atomic E-state index is 1.03. The van der Waals surface area contributed by atoms with Gasteiger partial charge in [0.05, 0.1) is 0 Å². The summed E-state index contributed by atoms with van der Waals surface area (Å²) in [6.45, 7) is 0. The van der Waals surface area contributed by atoms with Crippen molar-refractivity contribution in [1.29, 1.82) is 0 Å². The van der Waals surface area contributed by atoms with Gasteiger partial charge in [0.2, 0.25) is 0 Å². The molecule has 2 unspecified atom stereocenters. The van der Waals surface area contributed by atoms with Gasteiger partial charge in [-0.25, -0.2) is 0 Å². The van der Waals surface area contributed by atoms with E-state index < -0.39 is 0 Å². The first-order valence-corrected chi connectivity index (χ1v) is 8.60. The molecule has 2 heteroatoms. The lowest BCUT2D eigenvalue weighted by atomic mass is 9.94. The largest absolute Gasteiger partial charge is 0.133 e. The van der Waals surface area contributed by atoms with Crippen molar-refractivity contribution in [1.82, 2.24) is 0 Å². The smallest absolute Gasteiger partial charge is 0.0126 e. The molecule has 0 radical (unpaired) electrons. The fraction of sp³-hybridized carbons (Fsp3) is 0.294. The standard InChI is InChI=1S/C17H20P2/c18-10-12-4-6-13(7-5-12)16-9-8-14(11-19)15-2-1-3-17(15)16/h4-9H,1-3,10-11,18-19H2. The van der Waals surface area contributed by atoms with Gasteiger partial charge < -0.3 is 0 Å². The first-order valence-electron chi connectivity index (χ1n) is 6.96. The Morgan fingerprint density at radius 2 is 1.53 bits per heavy atom. The molecule has 1 aliphatic carbocycles. The third-order valence-electron chi connectivity index (χ3n) is 4.10. The third-order valence-corrected chi connectivity index (χ3v) is 5.01. The van der Waals surface area contributed by atoms with E-state index in [4.69, 9.17) is 0 Å². The van der Waals surface area contributed by atoms with Crippen molar-refractivity contribution in [3.05, 3.63) is 58.7 Å². The summed E-state index contributed by atoms with van der Waals surface area (Å²) < 4.78 is 0. The van der Waals surface area contributed by atoms with Crippen LogP contribution in [-0.4, -0.2) is 0 Å². The Labute approximate surface area is 120 Å². The van der Waals surface area contributed by atoms with E-state index in [2.05, 4.69) is 54.9 Å². The van der Waals surface area contributed by atoms with Crippen LogP contribution in [0.1, 0.15) is 28.7 Å². The van der Waals surface area contributed by atoms with E-state index in [0.29, 0.717) is 0 Å². The summed E-state index contributed by atoms with van der Waals surface area (Å²) in [7, 11) is 5.65. The highest BCUT2D eigenvalue weighted by Gasteiger charge is 2.18. The number of hydrogen-bond acceptors (Lipinski definition) is 0. The van der Waals surface area contributed by atoms with E-state index >= 15 is 0 Å². The van der Waals surface area contributed by atoms with Gasteiger partial charge in [0.15, 0.2) is 0 Å². The van der Waals surface area contributed by atoms with E-state index in [1.54, 1.807) is 11.1 Å². The average Bonchev–Trinajstić information content (AvgIpc) is 2.96. The molecule has 0 bridgehead atoms. The molecule has 19 heavy (non-hydrogen) atoms. The van der Waals surface area contributed by atoms with Gasteiger partial charge in [-0.05, 0) is 65.0 Å². The number of hydrogen-bond donors (Lipinski definition) is 0. The lowest BCUT2D eigenvalue weighted by Gasteiger charge is -2.13. The molecule has 2 aromatic rings. The number of rotatable bonds is 3. The van der Waals surface area contributed by atoms with Crippen LogP contribution < -0.4 is 0 Å². The fourth-order valence-electron chi connectivity index (χ4n) is 3.06. The van der Waals surface area contributed by atoms with Gasteiger partial charge in [0, 0.05) is 0 Å². The molecule has 2 atom stereocenters. The van der Waals surface area contributed by atoms with Crippen molar-refractivity contribution in [3.63, 3.8) is 0 Å². The van der Waals surface area contributed by atoms with Gasteiger partial charge in [-0.3, -0.25) is 0 Å². The molecule has 0 saturated heterocycles. The molecule has 0 spiro atoms. The molecule has 0 saturated carbocycles. The Kier molecular flexibility index (Phi) is 4.01. The normalized spacial score (nSPS) is 13.6. The zero-order valence-corrected chi connectivity index (χ0v) is 13.5. The van der Waals surface area contributed by atoms with Gasteiger partial charge in [-0.2, -0.15) is 0 Å². The van der Waals surface area contributed by atoms with E-state index in [-0.39, 0.29) is 0 Å². The maximum Gasteiger partial charge on any atom is -0.0126 e. The summed E-state index contributed by atoms with van der Waals surface area (Å²) in [5.74, 6) is 0. The van der Waals surface area contributed by atoms with Crippen LogP contribution in [0.3, 0.4) is 0 Å². The molecular weight excluding hydrogens is 266 g/mol. The van der Waals surface area contributed by atoms with Crippen LogP contribution in [0.15, 0.2) is 36.4 Å². The van der Waals surface area contributed by atoms with Crippen molar-refractivity contribution in [2.75, 3.05) is 0 Å². The zero-order valence-electron chi connectivity index (χ0n) is 11.2. The molecule has 0 nitrogen and oxygen atoms in total. The molecule has 0 N–H and O–H groups in total. The summed E-state index contributed by atoms with van der Waals surface area (Å²) in [6.07, 6.45) is 5.93. The van der Waals surface area contributed by atoms with Crippen LogP contribution in [0, 0.1) is 0 Å². The fourth-order valence-corrected chi connectivity index (χ4v) is 3.72. The lowest BCUT2D eigenvalue weighted by molar-refractivity contribution is 0.909. The van der Waals surface area contributed by atoms with Gasteiger partial charge in [-0.15, -0.1) is 18.5 Å². The zero-order chi connectivity index (χ0) is 13.2. The second-order valence-electron chi connectivity index (χ2n) is 5.19. The van der Waals surface area contributed by atoms with Crippen molar-refractivity contribution in [2.24, 2.45) is 0 Å². The summed E-state index contributed by atoms with van der Waals surface area (Å²) in [6, 6.07) is 13.7. The van der Waals surface area contributed by atoms with Crippen LogP contribution in [0.25, 0.3) is 11.1 Å². The Morgan fingerprint density at radius 1 is 0.789 bits per heavy atom. The first-order chi connectivity index (χ1) is 9.33. The van der Waals surface area contributed by atoms with Crippen LogP contribution in [0.5, 0.6) is 0 Å². The maximum atomic E-state index is 2.86. The minimum Gasteiger partial charge on any atom is -0.133 e. The molecule has 0 fully saturated rings. The Morgan fingerprint density at radius 3 is 2.21 bits per heavy atom. The predicted molar refractivity (Wildman–Crippen MR) is 90.7 cm³/mol. The highest BCUT2D eigenvalue weighted by molar-refractivity contribution is 7.15. The van der Waals surface area contributed by atoms with Crippen LogP contribution in [-0.2, 0) is 25.2 Å². The Bertz CT molecular complexity index is 585. The van der Waals surface area contributed by atoms with Crippen molar-refractivity contribution in [2.45, 2.75) is 31.6 Å². The monoisotopic (exact) mass is 286 g/mol. The molecule has 0 amide bonds. The molecule has 0 aliphatic heterocycles. The topological polar surface area (TPSA) is 0 Å².